The Morgan fingerprint density at radius 2 is 1.84 bits per heavy atom. The van der Waals surface area contributed by atoms with Gasteiger partial charge in [-0.25, -0.2) is 15.8 Å². The van der Waals surface area contributed by atoms with Crippen molar-refractivity contribution in [2.24, 2.45) is 5.84 Å². The van der Waals surface area contributed by atoms with E-state index in [0.29, 0.717) is 80.7 Å². The zero-order valence-electron chi connectivity index (χ0n) is 20.9. The Labute approximate surface area is 219 Å². The predicted molar refractivity (Wildman–Crippen MR) is 143 cm³/mol. The summed E-state index contributed by atoms with van der Waals surface area (Å²) in [4.78, 5) is 31.2. The minimum Gasteiger partial charge on any atom is -0.423 e. The Kier molecular flexibility index (Phi) is 6.62. The molecule has 0 unspecified atom stereocenters. The molecule has 2 aliphatic heterocycles. The summed E-state index contributed by atoms with van der Waals surface area (Å²) in [5, 5.41) is 11.2. The number of hydrogen-bond acceptors (Lipinski definition) is 10. The highest BCUT2D eigenvalue weighted by Crippen LogP contribution is 2.37. The van der Waals surface area contributed by atoms with E-state index >= 15 is 0 Å². The van der Waals surface area contributed by atoms with Gasteiger partial charge in [-0.3, -0.25) is 9.78 Å². The van der Waals surface area contributed by atoms with E-state index in [1.165, 1.54) is 0 Å². The summed E-state index contributed by atoms with van der Waals surface area (Å²) in [5.74, 6) is 6.04. The molecule has 4 aromatic rings. The summed E-state index contributed by atoms with van der Waals surface area (Å²) < 4.78 is 11.6. The second kappa shape index (κ2) is 10.4. The number of hydrogen-bond donors (Lipinski definition) is 2. The SMILES string of the molecule is NN(C(=O)c1cccc(-c2cccnc2)n1)c1cc2oc(N3CCOCC3)nc2cc1N1CCC(O)CC1. The lowest BCUT2D eigenvalue weighted by Crippen LogP contribution is -2.41. The maximum Gasteiger partial charge on any atom is 0.298 e. The first-order valence-corrected chi connectivity index (χ1v) is 12.7. The van der Waals surface area contributed by atoms with Crippen molar-refractivity contribution in [2.45, 2.75) is 18.9 Å². The molecule has 0 spiro atoms. The van der Waals surface area contributed by atoms with Crippen molar-refractivity contribution in [1.29, 1.82) is 0 Å². The fourth-order valence-electron chi connectivity index (χ4n) is 4.84. The molecule has 2 saturated heterocycles. The first kappa shape index (κ1) is 24.3. The number of morpholine rings is 1. The van der Waals surface area contributed by atoms with Crippen molar-refractivity contribution in [3.05, 3.63) is 60.6 Å². The van der Waals surface area contributed by atoms with Crippen LogP contribution in [0.5, 0.6) is 0 Å². The van der Waals surface area contributed by atoms with Gasteiger partial charge in [0.25, 0.3) is 11.9 Å². The maximum atomic E-state index is 13.6. The number of aliphatic hydroxyl groups excluding tert-OH is 1. The van der Waals surface area contributed by atoms with Crippen molar-refractivity contribution in [3.8, 4) is 11.3 Å². The van der Waals surface area contributed by atoms with Gasteiger partial charge in [0.2, 0.25) is 0 Å². The number of amides is 1. The predicted octanol–water partition coefficient (Wildman–Crippen LogP) is 2.60. The summed E-state index contributed by atoms with van der Waals surface area (Å²) in [6.45, 7) is 3.87. The number of fused-ring (bicyclic) bond motifs is 1. The van der Waals surface area contributed by atoms with Crippen LogP contribution >= 0.6 is 0 Å². The Balaban J connectivity index is 1.37. The molecule has 5 heterocycles. The molecule has 1 aromatic carbocycles. The zero-order valence-corrected chi connectivity index (χ0v) is 20.9. The number of rotatable bonds is 5. The summed E-state index contributed by atoms with van der Waals surface area (Å²) in [6.07, 6.45) is 4.30. The lowest BCUT2D eigenvalue weighted by molar-refractivity contribution is 0.0982. The topological polar surface area (TPSA) is 134 Å². The van der Waals surface area contributed by atoms with E-state index in [2.05, 4.69) is 14.9 Å². The Bertz CT molecular complexity index is 1430. The van der Waals surface area contributed by atoms with Gasteiger partial charge in [-0.2, -0.15) is 4.98 Å². The number of pyridine rings is 2. The molecule has 2 aliphatic rings. The van der Waals surface area contributed by atoms with E-state index in [4.69, 9.17) is 20.0 Å². The van der Waals surface area contributed by atoms with Crippen LogP contribution in [0.4, 0.5) is 17.4 Å². The number of hydrazine groups is 1. The molecule has 6 rings (SSSR count). The van der Waals surface area contributed by atoms with Gasteiger partial charge in [0.15, 0.2) is 5.58 Å². The average Bonchev–Trinajstić information content (AvgIpc) is 3.40. The number of nitrogens with zero attached hydrogens (tertiary/aromatic N) is 6. The third-order valence-electron chi connectivity index (χ3n) is 6.96. The molecular formula is C27H29N7O4. The number of piperidine rings is 1. The molecule has 11 heteroatoms. The molecule has 1 amide bonds. The first-order valence-electron chi connectivity index (χ1n) is 12.7. The van der Waals surface area contributed by atoms with Crippen LogP contribution in [0.2, 0.25) is 0 Å². The van der Waals surface area contributed by atoms with Crippen molar-refractivity contribution < 1.29 is 19.1 Å². The van der Waals surface area contributed by atoms with Crippen molar-refractivity contribution in [3.63, 3.8) is 0 Å². The number of carbonyl (C=O) groups is 1. The highest BCUT2D eigenvalue weighted by molar-refractivity contribution is 6.07. The second-order valence-corrected chi connectivity index (χ2v) is 9.45. The monoisotopic (exact) mass is 515 g/mol. The fourth-order valence-corrected chi connectivity index (χ4v) is 4.84. The molecule has 0 atom stereocenters. The molecule has 3 N–H and O–H groups in total. The Morgan fingerprint density at radius 1 is 1.03 bits per heavy atom. The maximum absolute atomic E-state index is 13.6. The van der Waals surface area contributed by atoms with E-state index < -0.39 is 5.91 Å². The van der Waals surface area contributed by atoms with Gasteiger partial charge in [0.1, 0.15) is 11.2 Å². The van der Waals surface area contributed by atoms with Gasteiger partial charge in [0, 0.05) is 50.2 Å². The van der Waals surface area contributed by atoms with Gasteiger partial charge in [0.05, 0.1) is 36.4 Å². The zero-order chi connectivity index (χ0) is 26.1. The standard InChI is InChI=1S/C27H29N7O4/c28-34(26(36)21-5-1-4-20(30-21)18-3-2-8-29-17-18)24-16-25-22(15-23(24)32-9-6-19(35)7-10-32)31-27(38-25)33-11-13-37-14-12-33/h1-5,8,15-17,19,35H,6-7,9-14,28H2. The van der Waals surface area contributed by atoms with E-state index in [1.807, 2.05) is 29.2 Å². The van der Waals surface area contributed by atoms with Crippen LogP contribution < -0.4 is 20.7 Å². The summed E-state index contributed by atoms with van der Waals surface area (Å²) in [7, 11) is 0. The largest absolute Gasteiger partial charge is 0.423 e. The summed E-state index contributed by atoms with van der Waals surface area (Å²) in [6, 6.07) is 13.1. The minimum atomic E-state index is -0.457. The average molecular weight is 516 g/mol. The van der Waals surface area contributed by atoms with Crippen LogP contribution in [0.1, 0.15) is 23.3 Å². The number of oxazole rings is 1. The van der Waals surface area contributed by atoms with Crippen LogP contribution in [0.25, 0.3) is 22.4 Å². The van der Waals surface area contributed by atoms with Crippen molar-refractivity contribution in [1.82, 2.24) is 15.0 Å². The number of aliphatic hydroxyl groups is 1. The number of carbonyl (C=O) groups excluding carboxylic acids is 1. The number of ether oxygens (including phenoxy) is 1. The van der Waals surface area contributed by atoms with Crippen LogP contribution in [-0.2, 0) is 4.74 Å². The smallest absolute Gasteiger partial charge is 0.298 e. The second-order valence-electron chi connectivity index (χ2n) is 9.45. The lowest BCUT2D eigenvalue weighted by atomic mass is 10.1. The van der Waals surface area contributed by atoms with Crippen molar-refractivity contribution >= 4 is 34.4 Å². The molecule has 0 aliphatic carbocycles. The van der Waals surface area contributed by atoms with E-state index in [1.54, 1.807) is 30.6 Å². The molecule has 0 saturated carbocycles. The third kappa shape index (κ3) is 4.78. The molecule has 196 valence electrons. The molecule has 38 heavy (non-hydrogen) atoms. The molecule has 3 aromatic heterocycles. The molecule has 0 radical (unpaired) electrons. The van der Waals surface area contributed by atoms with E-state index in [-0.39, 0.29) is 11.8 Å². The summed E-state index contributed by atoms with van der Waals surface area (Å²) >= 11 is 0. The van der Waals surface area contributed by atoms with Crippen LogP contribution in [0, 0.1) is 0 Å². The van der Waals surface area contributed by atoms with E-state index in [9.17, 15) is 9.90 Å². The highest BCUT2D eigenvalue weighted by Gasteiger charge is 2.27. The van der Waals surface area contributed by atoms with Crippen molar-refractivity contribution in [2.75, 3.05) is 54.2 Å². The molecule has 2 fully saturated rings. The van der Waals surface area contributed by atoms with Gasteiger partial charge in [-0.15, -0.1) is 0 Å². The highest BCUT2D eigenvalue weighted by atomic mass is 16.5. The summed E-state index contributed by atoms with van der Waals surface area (Å²) in [5.41, 5.74) is 4.08. The van der Waals surface area contributed by atoms with Crippen LogP contribution in [0.3, 0.4) is 0 Å². The number of benzene rings is 1. The minimum absolute atomic E-state index is 0.209. The number of aromatic nitrogens is 3. The van der Waals surface area contributed by atoms with Gasteiger partial charge >= 0.3 is 0 Å². The van der Waals surface area contributed by atoms with Gasteiger partial charge in [-0.1, -0.05) is 6.07 Å². The van der Waals surface area contributed by atoms with Crippen LogP contribution in [0.15, 0.2) is 59.3 Å². The van der Waals surface area contributed by atoms with Gasteiger partial charge < -0.3 is 24.1 Å². The van der Waals surface area contributed by atoms with Gasteiger partial charge in [-0.05, 0) is 43.2 Å². The molecule has 11 nitrogen and oxygen atoms in total. The quantitative estimate of drug-likeness (QED) is 0.232. The lowest BCUT2D eigenvalue weighted by Gasteiger charge is -2.34. The van der Waals surface area contributed by atoms with Crippen LogP contribution in [-0.4, -0.2) is 71.5 Å². The molecular weight excluding hydrogens is 486 g/mol. The first-order chi connectivity index (χ1) is 18.6. The van der Waals surface area contributed by atoms with E-state index in [0.717, 1.165) is 16.3 Å². The normalized spacial score (nSPS) is 16.7. The molecule has 0 bridgehead atoms. The fraction of sp³-hybridized carbons (Fsp3) is 0.333. The Morgan fingerprint density at radius 3 is 2.61 bits per heavy atom. The number of nitrogens with two attached hydrogens (primary N) is 1. The third-order valence-corrected chi connectivity index (χ3v) is 6.96. The Hall–Kier alpha value is -4.06. The number of anilines is 3.